The van der Waals surface area contributed by atoms with Crippen LogP contribution in [-0.4, -0.2) is 5.97 Å². The van der Waals surface area contributed by atoms with Gasteiger partial charge in [0.15, 0.2) is 0 Å². The molecule has 0 amide bonds. The summed E-state index contributed by atoms with van der Waals surface area (Å²) < 4.78 is 41.7. The smallest absolute Gasteiger partial charge is 0.420 e. The first-order chi connectivity index (χ1) is 6.80. The monoisotopic (exact) mass is 238 g/mol. The van der Waals surface area contributed by atoms with E-state index in [-0.39, 0.29) is 5.02 Å². The number of esters is 1. The van der Waals surface area contributed by atoms with Gasteiger partial charge in [0.2, 0.25) is 0 Å². The van der Waals surface area contributed by atoms with Gasteiger partial charge in [-0.3, -0.25) is 4.79 Å². The lowest BCUT2D eigenvalue weighted by Crippen LogP contribution is -2.11. The summed E-state index contributed by atoms with van der Waals surface area (Å²) in [7, 11) is 0. The predicted molar refractivity (Wildman–Crippen MR) is 47.8 cm³/mol. The summed E-state index contributed by atoms with van der Waals surface area (Å²) in [5, 5.41) is -0.0711. The van der Waals surface area contributed by atoms with Crippen LogP contribution in [0.2, 0.25) is 5.02 Å². The molecule has 2 nitrogen and oxygen atoms in total. The van der Waals surface area contributed by atoms with Gasteiger partial charge in [-0.25, -0.2) is 0 Å². The first kappa shape index (κ1) is 11.8. The quantitative estimate of drug-likeness (QED) is 0.554. The molecule has 0 radical (unpaired) electrons. The third-order valence-corrected chi connectivity index (χ3v) is 1.74. The van der Waals surface area contributed by atoms with Gasteiger partial charge in [-0.2, -0.15) is 13.2 Å². The molecule has 1 aromatic rings. The Bertz CT molecular complexity index is 387. The lowest BCUT2D eigenvalue weighted by Gasteiger charge is -2.11. The normalized spacial score (nSPS) is 11.3. The van der Waals surface area contributed by atoms with Crippen molar-refractivity contribution in [2.75, 3.05) is 0 Å². The van der Waals surface area contributed by atoms with Crippen molar-refractivity contribution in [2.24, 2.45) is 0 Å². The van der Waals surface area contributed by atoms with Crippen molar-refractivity contribution in [1.82, 2.24) is 0 Å². The molecule has 0 N–H and O–H groups in total. The molecule has 0 saturated carbocycles. The molecular formula is C9H6ClF3O2. The van der Waals surface area contributed by atoms with Gasteiger partial charge in [0.1, 0.15) is 5.75 Å². The van der Waals surface area contributed by atoms with Crippen molar-refractivity contribution in [2.45, 2.75) is 13.1 Å². The number of carbonyl (C=O) groups is 1. The van der Waals surface area contributed by atoms with E-state index in [2.05, 4.69) is 4.74 Å². The highest BCUT2D eigenvalue weighted by Gasteiger charge is 2.35. The molecule has 0 spiro atoms. The highest BCUT2D eigenvalue weighted by atomic mass is 35.5. The summed E-state index contributed by atoms with van der Waals surface area (Å²) >= 11 is 5.42. The number of benzene rings is 1. The fourth-order valence-electron chi connectivity index (χ4n) is 0.968. The molecule has 0 atom stereocenters. The Balaban J connectivity index is 3.20. The van der Waals surface area contributed by atoms with Crippen LogP contribution in [0.3, 0.4) is 0 Å². The number of alkyl halides is 3. The maximum absolute atomic E-state index is 12.4. The van der Waals surface area contributed by atoms with Crippen LogP contribution in [0, 0.1) is 0 Å². The van der Waals surface area contributed by atoms with E-state index in [0.29, 0.717) is 6.07 Å². The van der Waals surface area contributed by atoms with Gasteiger partial charge < -0.3 is 4.74 Å². The minimum atomic E-state index is -4.60. The van der Waals surface area contributed by atoms with Crippen molar-refractivity contribution in [1.29, 1.82) is 0 Å². The molecule has 0 saturated heterocycles. The van der Waals surface area contributed by atoms with Gasteiger partial charge in [-0.15, -0.1) is 0 Å². The van der Waals surface area contributed by atoms with Gasteiger partial charge in [-0.1, -0.05) is 11.6 Å². The molecule has 1 aromatic carbocycles. The third-order valence-electron chi connectivity index (χ3n) is 1.50. The molecule has 0 aliphatic rings. The van der Waals surface area contributed by atoms with Gasteiger partial charge in [0.25, 0.3) is 0 Å². The zero-order valence-electron chi connectivity index (χ0n) is 7.56. The Morgan fingerprint density at radius 1 is 1.40 bits per heavy atom. The topological polar surface area (TPSA) is 26.3 Å². The second kappa shape index (κ2) is 4.10. The van der Waals surface area contributed by atoms with Crippen LogP contribution >= 0.6 is 11.6 Å². The van der Waals surface area contributed by atoms with E-state index in [1.807, 2.05) is 0 Å². The molecular weight excluding hydrogens is 233 g/mol. The summed E-state index contributed by atoms with van der Waals surface area (Å²) in [6, 6.07) is 2.93. The average molecular weight is 239 g/mol. The van der Waals surface area contributed by atoms with E-state index < -0.39 is 23.5 Å². The third kappa shape index (κ3) is 3.13. The Morgan fingerprint density at radius 3 is 2.47 bits per heavy atom. The number of rotatable bonds is 1. The van der Waals surface area contributed by atoms with Gasteiger partial charge in [0, 0.05) is 11.9 Å². The minimum Gasteiger partial charge on any atom is -0.426 e. The largest absolute Gasteiger partial charge is 0.426 e. The minimum absolute atomic E-state index is 0.0711. The zero-order chi connectivity index (χ0) is 11.6. The lowest BCUT2D eigenvalue weighted by molar-refractivity contribution is -0.141. The maximum Gasteiger partial charge on any atom is 0.420 e. The fraction of sp³-hybridized carbons (Fsp3) is 0.222. The van der Waals surface area contributed by atoms with E-state index in [1.54, 1.807) is 0 Å². The molecule has 1 rings (SSSR count). The number of hydrogen-bond donors (Lipinski definition) is 0. The Morgan fingerprint density at radius 2 is 2.00 bits per heavy atom. The summed E-state index contributed by atoms with van der Waals surface area (Å²) in [6.07, 6.45) is -4.60. The van der Waals surface area contributed by atoms with Crippen LogP contribution in [0.5, 0.6) is 5.75 Å². The highest BCUT2D eigenvalue weighted by Crippen LogP contribution is 2.37. The van der Waals surface area contributed by atoms with Crippen LogP contribution in [0.25, 0.3) is 0 Å². The Kier molecular flexibility index (Phi) is 3.24. The van der Waals surface area contributed by atoms with Crippen LogP contribution in [-0.2, 0) is 11.0 Å². The molecule has 15 heavy (non-hydrogen) atoms. The molecule has 0 unspecified atom stereocenters. The van der Waals surface area contributed by atoms with Crippen molar-refractivity contribution in [3.8, 4) is 5.75 Å². The summed E-state index contributed by atoms with van der Waals surface area (Å²) in [6.45, 7) is 1.02. The van der Waals surface area contributed by atoms with Gasteiger partial charge in [-0.05, 0) is 18.2 Å². The first-order valence-corrected chi connectivity index (χ1v) is 4.23. The predicted octanol–water partition coefficient (Wildman–Crippen LogP) is 3.28. The summed E-state index contributed by atoms with van der Waals surface area (Å²) in [5.41, 5.74) is -1.06. The van der Waals surface area contributed by atoms with E-state index in [0.717, 1.165) is 13.0 Å². The molecule has 0 aliphatic carbocycles. The average Bonchev–Trinajstić information content (AvgIpc) is 2.05. The SMILES string of the molecule is CC(=O)Oc1ccc(Cl)cc1C(F)(F)F. The number of halogens is 4. The Hall–Kier alpha value is -1.23. The van der Waals surface area contributed by atoms with Crippen molar-refractivity contribution in [3.05, 3.63) is 28.8 Å². The molecule has 6 heteroatoms. The zero-order valence-corrected chi connectivity index (χ0v) is 8.32. The highest BCUT2D eigenvalue weighted by molar-refractivity contribution is 6.30. The Labute approximate surface area is 88.6 Å². The standard InChI is InChI=1S/C9H6ClF3O2/c1-5(14)15-8-3-2-6(10)4-7(8)9(11,12)13/h2-4H,1H3. The number of carbonyl (C=O) groups excluding carboxylic acids is 1. The number of hydrogen-bond acceptors (Lipinski definition) is 2. The fourth-order valence-corrected chi connectivity index (χ4v) is 1.14. The molecule has 0 aromatic heterocycles. The van der Waals surface area contributed by atoms with Crippen LogP contribution in [0.15, 0.2) is 18.2 Å². The first-order valence-electron chi connectivity index (χ1n) is 3.86. The van der Waals surface area contributed by atoms with Crippen molar-refractivity contribution >= 4 is 17.6 Å². The maximum atomic E-state index is 12.4. The van der Waals surface area contributed by atoms with Crippen molar-refractivity contribution < 1.29 is 22.7 Å². The second-order valence-corrected chi connectivity index (χ2v) is 3.17. The molecule has 0 fully saturated rings. The van der Waals surface area contributed by atoms with Crippen LogP contribution < -0.4 is 4.74 Å². The molecule has 0 bridgehead atoms. The lowest BCUT2D eigenvalue weighted by atomic mass is 10.2. The van der Waals surface area contributed by atoms with Crippen LogP contribution in [0.1, 0.15) is 12.5 Å². The summed E-state index contributed by atoms with van der Waals surface area (Å²) in [4.78, 5) is 10.6. The van der Waals surface area contributed by atoms with E-state index in [9.17, 15) is 18.0 Å². The molecule has 0 aliphatic heterocycles. The molecule has 82 valence electrons. The van der Waals surface area contributed by atoms with Gasteiger partial charge >= 0.3 is 12.1 Å². The van der Waals surface area contributed by atoms with E-state index in [4.69, 9.17) is 11.6 Å². The van der Waals surface area contributed by atoms with Crippen LogP contribution in [0.4, 0.5) is 13.2 Å². The summed E-state index contributed by atoms with van der Waals surface area (Å²) in [5.74, 6) is -1.36. The van der Waals surface area contributed by atoms with Crippen molar-refractivity contribution in [3.63, 3.8) is 0 Å². The second-order valence-electron chi connectivity index (χ2n) is 2.73. The molecule has 0 heterocycles. The van der Waals surface area contributed by atoms with E-state index in [1.165, 1.54) is 6.07 Å². The van der Waals surface area contributed by atoms with E-state index >= 15 is 0 Å². The van der Waals surface area contributed by atoms with Gasteiger partial charge in [0.05, 0.1) is 5.56 Å². The number of ether oxygens (including phenoxy) is 1.